The molecule has 1 aliphatic heterocycles. The van der Waals surface area contributed by atoms with Crippen LogP contribution >= 0.6 is 11.6 Å². The van der Waals surface area contributed by atoms with E-state index >= 15 is 0 Å². The minimum Gasteiger partial charge on any atom is -0.496 e. The van der Waals surface area contributed by atoms with Crippen LogP contribution in [-0.2, 0) is 13.9 Å². The third kappa shape index (κ3) is 8.77. The number of benzene rings is 3. The zero-order valence-electron chi connectivity index (χ0n) is 29.9. The Labute approximate surface area is 297 Å². The SMILES string of the molecule is COc1cc(OC)c(C(=O)O)c(/C=C/C[C@H](O[Si](c2ccccc2)(c2ccccc2)C(C)(C)C)[C@@H]2OC(C)(C)O[C@@H]2CCC[C@@H](C)O)c1Cl. The summed E-state index contributed by atoms with van der Waals surface area (Å²) < 4.78 is 31.7. The molecule has 0 aromatic heterocycles. The number of hydrogen-bond donors (Lipinski definition) is 2. The van der Waals surface area contributed by atoms with E-state index in [-0.39, 0.29) is 33.0 Å². The maximum Gasteiger partial charge on any atom is 0.340 e. The molecule has 3 aromatic carbocycles. The monoisotopic (exact) mass is 710 g/mol. The summed E-state index contributed by atoms with van der Waals surface area (Å²) in [5.41, 5.74) is 0.207. The van der Waals surface area contributed by atoms with Gasteiger partial charge in [0.2, 0.25) is 0 Å². The zero-order chi connectivity index (χ0) is 36.0. The van der Waals surface area contributed by atoms with Crippen LogP contribution in [0.1, 0.15) is 83.1 Å². The Bertz CT molecular complexity index is 1530. The van der Waals surface area contributed by atoms with Crippen molar-refractivity contribution in [3.05, 3.63) is 89.0 Å². The second-order valence-corrected chi connectivity index (χ2v) is 18.7. The first-order chi connectivity index (χ1) is 23.1. The van der Waals surface area contributed by atoms with Gasteiger partial charge in [0, 0.05) is 11.6 Å². The fourth-order valence-electron chi connectivity index (χ4n) is 6.82. The van der Waals surface area contributed by atoms with Gasteiger partial charge in [0.05, 0.1) is 37.6 Å². The highest BCUT2D eigenvalue weighted by molar-refractivity contribution is 6.99. The summed E-state index contributed by atoms with van der Waals surface area (Å²) in [5.74, 6) is -1.60. The Kier molecular flexibility index (Phi) is 12.8. The molecule has 0 unspecified atom stereocenters. The average molecular weight is 711 g/mol. The van der Waals surface area contributed by atoms with Gasteiger partial charge in [0.1, 0.15) is 23.2 Å². The molecule has 8 nitrogen and oxygen atoms in total. The lowest BCUT2D eigenvalue weighted by atomic mass is 9.99. The van der Waals surface area contributed by atoms with Crippen molar-refractivity contribution in [2.45, 2.75) is 102 Å². The molecule has 2 N–H and O–H groups in total. The van der Waals surface area contributed by atoms with Gasteiger partial charge in [-0.2, -0.15) is 0 Å². The van der Waals surface area contributed by atoms with Crippen LogP contribution in [0.25, 0.3) is 6.08 Å². The van der Waals surface area contributed by atoms with Crippen LogP contribution < -0.4 is 19.8 Å². The van der Waals surface area contributed by atoms with E-state index in [1.54, 1.807) is 13.0 Å². The van der Waals surface area contributed by atoms with Crippen molar-refractivity contribution in [3.63, 3.8) is 0 Å². The number of rotatable bonds is 15. The van der Waals surface area contributed by atoms with Crippen LogP contribution in [-0.4, -0.2) is 68.9 Å². The molecule has 0 saturated carbocycles. The van der Waals surface area contributed by atoms with Gasteiger partial charge >= 0.3 is 5.97 Å². The van der Waals surface area contributed by atoms with Crippen LogP contribution in [0.2, 0.25) is 10.1 Å². The third-order valence-electron chi connectivity index (χ3n) is 8.98. The fraction of sp³-hybridized carbons (Fsp3) is 0.462. The smallest absolute Gasteiger partial charge is 0.340 e. The van der Waals surface area contributed by atoms with E-state index in [1.807, 2.05) is 56.3 Å². The minimum atomic E-state index is -3.07. The summed E-state index contributed by atoms with van der Waals surface area (Å²) in [6.45, 7) is 12.3. The second kappa shape index (κ2) is 16.2. The molecule has 0 radical (unpaired) electrons. The number of halogens is 1. The van der Waals surface area contributed by atoms with Gasteiger partial charge in [-0.1, -0.05) is 105 Å². The van der Waals surface area contributed by atoms with Crippen molar-refractivity contribution < 1.29 is 38.4 Å². The van der Waals surface area contributed by atoms with Crippen molar-refractivity contribution in [1.82, 2.24) is 0 Å². The van der Waals surface area contributed by atoms with E-state index in [0.29, 0.717) is 25.0 Å². The third-order valence-corrected chi connectivity index (χ3v) is 14.4. The maximum atomic E-state index is 12.4. The maximum absolute atomic E-state index is 12.4. The van der Waals surface area contributed by atoms with Gasteiger partial charge < -0.3 is 33.6 Å². The minimum absolute atomic E-state index is 0.0633. The number of aliphatic hydroxyl groups excluding tert-OH is 1. The van der Waals surface area contributed by atoms with E-state index in [0.717, 1.165) is 16.8 Å². The van der Waals surface area contributed by atoms with Crippen LogP contribution in [0.4, 0.5) is 0 Å². The zero-order valence-corrected chi connectivity index (χ0v) is 31.6. The molecule has 4 atom stereocenters. The highest BCUT2D eigenvalue weighted by Gasteiger charge is 2.54. The van der Waals surface area contributed by atoms with Crippen LogP contribution in [0.3, 0.4) is 0 Å². The molecule has 1 aliphatic rings. The van der Waals surface area contributed by atoms with Crippen LogP contribution in [0, 0.1) is 0 Å². The molecule has 1 saturated heterocycles. The standard InChI is InChI=1S/C39H51ClO8Si/c1-26(41)17-15-23-30-36(47-39(5,6)46-30)31(24-16-22-29-34(37(42)43)32(44-7)25-33(45-8)35(29)40)48-49(38(2,3)4,27-18-11-9-12-19-27)28-20-13-10-14-21-28/h9-14,16,18-22,25-26,30-31,36,41H,15,17,23-24H2,1-8H3,(H,42,43)/b22-16+/t26-,30-,31+,36-/m1/s1. The summed E-state index contributed by atoms with van der Waals surface area (Å²) in [5, 5.41) is 22.3. The first kappa shape index (κ1) is 38.6. The van der Waals surface area contributed by atoms with E-state index in [2.05, 4.69) is 45.0 Å². The highest BCUT2D eigenvalue weighted by atomic mass is 35.5. The Morgan fingerprint density at radius 3 is 2.06 bits per heavy atom. The largest absolute Gasteiger partial charge is 0.496 e. The summed E-state index contributed by atoms with van der Waals surface area (Å²) in [6, 6.07) is 22.3. The van der Waals surface area contributed by atoms with E-state index < -0.39 is 38.4 Å². The molecule has 266 valence electrons. The number of carboxylic acid groups (broad SMARTS) is 1. The molecule has 10 heteroatoms. The molecule has 0 bridgehead atoms. The number of carboxylic acids is 1. The Balaban J connectivity index is 1.89. The molecule has 0 aliphatic carbocycles. The highest BCUT2D eigenvalue weighted by Crippen LogP contribution is 2.42. The number of methoxy groups -OCH3 is 2. The first-order valence-electron chi connectivity index (χ1n) is 16.8. The lowest BCUT2D eigenvalue weighted by Gasteiger charge is -2.46. The predicted molar refractivity (Wildman–Crippen MR) is 197 cm³/mol. The van der Waals surface area contributed by atoms with E-state index in [1.165, 1.54) is 20.3 Å². The van der Waals surface area contributed by atoms with Crippen molar-refractivity contribution in [1.29, 1.82) is 0 Å². The topological polar surface area (TPSA) is 104 Å². The Morgan fingerprint density at radius 1 is 1.00 bits per heavy atom. The van der Waals surface area contributed by atoms with Crippen molar-refractivity contribution >= 4 is 42.3 Å². The summed E-state index contributed by atoms with van der Waals surface area (Å²) in [4.78, 5) is 12.4. The van der Waals surface area contributed by atoms with Crippen molar-refractivity contribution in [2.24, 2.45) is 0 Å². The lowest BCUT2D eigenvalue weighted by molar-refractivity contribution is -0.154. The number of carbonyl (C=O) groups is 1. The molecule has 1 heterocycles. The summed E-state index contributed by atoms with van der Waals surface area (Å²) in [7, 11) is -0.192. The molecular weight excluding hydrogens is 660 g/mol. The van der Waals surface area contributed by atoms with Gasteiger partial charge in [0.25, 0.3) is 8.32 Å². The molecule has 4 rings (SSSR count). The molecular formula is C39H51ClO8Si. The predicted octanol–water partition coefficient (Wildman–Crippen LogP) is 7.48. The lowest BCUT2D eigenvalue weighted by Crippen LogP contribution is -2.68. The quantitative estimate of drug-likeness (QED) is 0.157. The van der Waals surface area contributed by atoms with Crippen LogP contribution in [0.5, 0.6) is 11.5 Å². The number of ether oxygens (including phenoxy) is 4. The number of aliphatic hydroxyl groups is 1. The molecule has 0 amide bonds. The van der Waals surface area contributed by atoms with Gasteiger partial charge in [-0.3, -0.25) is 0 Å². The average Bonchev–Trinajstić information content (AvgIpc) is 3.36. The first-order valence-corrected chi connectivity index (χ1v) is 19.1. The van der Waals surface area contributed by atoms with E-state index in [4.69, 9.17) is 35.0 Å². The van der Waals surface area contributed by atoms with Gasteiger partial charge in [-0.25, -0.2) is 4.79 Å². The van der Waals surface area contributed by atoms with Crippen molar-refractivity contribution in [2.75, 3.05) is 14.2 Å². The summed E-state index contributed by atoms with van der Waals surface area (Å²) in [6.07, 6.45) is 4.29. The Hall–Kier alpha value is -3.18. The Morgan fingerprint density at radius 2 is 1.57 bits per heavy atom. The molecule has 1 fully saturated rings. The van der Waals surface area contributed by atoms with Crippen LogP contribution in [0.15, 0.2) is 72.8 Å². The number of hydrogen-bond acceptors (Lipinski definition) is 7. The fourth-order valence-corrected chi connectivity index (χ4v) is 11.8. The van der Waals surface area contributed by atoms with Gasteiger partial charge in [-0.05, 0) is 61.9 Å². The second-order valence-electron chi connectivity index (χ2n) is 14.1. The summed E-state index contributed by atoms with van der Waals surface area (Å²) >= 11 is 6.71. The molecule has 49 heavy (non-hydrogen) atoms. The number of aromatic carboxylic acids is 1. The van der Waals surface area contributed by atoms with E-state index in [9.17, 15) is 15.0 Å². The molecule has 0 spiro atoms. The molecule has 3 aromatic rings. The van der Waals surface area contributed by atoms with Crippen molar-refractivity contribution in [3.8, 4) is 11.5 Å². The normalized spacial score (nSPS) is 19.1. The van der Waals surface area contributed by atoms with Gasteiger partial charge in [-0.15, -0.1) is 0 Å². The van der Waals surface area contributed by atoms with Gasteiger partial charge in [0.15, 0.2) is 5.79 Å².